The summed E-state index contributed by atoms with van der Waals surface area (Å²) in [6.07, 6.45) is 3.52. The summed E-state index contributed by atoms with van der Waals surface area (Å²) in [4.78, 5) is 15.0. The fourth-order valence-corrected chi connectivity index (χ4v) is 4.18. The maximum Gasteiger partial charge on any atom is 0.193 e. The molecule has 3 fully saturated rings. The number of ether oxygens (including phenoxy) is 2. The normalized spacial score (nSPS) is 31.7. The van der Waals surface area contributed by atoms with Crippen LogP contribution in [0, 0.1) is 5.92 Å². The van der Waals surface area contributed by atoms with Crippen LogP contribution in [0.2, 0.25) is 0 Å². The molecule has 4 nitrogen and oxygen atoms in total. The van der Waals surface area contributed by atoms with Crippen LogP contribution in [-0.2, 0) is 14.3 Å². The van der Waals surface area contributed by atoms with E-state index in [1.807, 2.05) is 6.92 Å². The monoisotopic (exact) mass is 323 g/mol. The molecule has 0 unspecified atom stereocenters. The van der Waals surface area contributed by atoms with Crippen LogP contribution in [0.15, 0.2) is 11.8 Å². The van der Waals surface area contributed by atoms with Gasteiger partial charge in [0.05, 0.1) is 11.9 Å². The summed E-state index contributed by atoms with van der Waals surface area (Å²) in [7, 11) is 0. The van der Waals surface area contributed by atoms with Gasteiger partial charge in [0.15, 0.2) is 5.78 Å². The lowest BCUT2D eigenvalue weighted by molar-refractivity contribution is -0.207. The van der Waals surface area contributed by atoms with Gasteiger partial charge < -0.3 is 9.47 Å². The van der Waals surface area contributed by atoms with E-state index in [0.29, 0.717) is 18.7 Å². The third-order valence-electron chi connectivity index (χ3n) is 5.36. The van der Waals surface area contributed by atoms with Crippen LogP contribution in [0.4, 0.5) is 0 Å². The molecular weight excluding hydrogens is 290 g/mol. The fraction of sp³-hybridized carbons (Fsp3) is 0.842. The number of fused-ring (bicyclic) bond motifs is 3. The highest BCUT2D eigenvalue weighted by molar-refractivity contribution is 6.03. The van der Waals surface area contributed by atoms with E-state index in [1.54, 1.807) is 6.26 Å². The molecule has 0 aromatic heterocycles. The Morgan fingerprint density at radius 2 is 1.87 bits per heavy atom. The molecule has 0 radical (unpaired) electrons. The summed E-state index contributed by atoms with van der Waals surface area (Å²) in [5.41, 5.74) is -0.150. The Labute approximate surface area is 141 Å². The Morgan fingerprint density at radius 3 is 2.39 bits per heavy atom. The van der Waals surface area contributed by atoms with Crippen molar-refractivity contribution in [1.29, 1.82) is 0 Å². The van der Waals surface area contributed by atoms with Crippen molar-refractivity contribution in [2.75, 3.05) is 13.2 Å². The molecule has 2 atom stereocenters. The summed E-state index contributed by atoms with van der Waals surface area (Å²) < 4.78 is 11.8. The molecule has 2 heterocycles. The molecule has 3 rings (SSSR count). The van der Waals surface area contributed by atoms with Crippen molar-refractivity contribution >= 4 is 5.78 Å². The number of rotatable bonds is 6. The van der Waals surface area contributed by atoms with Crippen molar-refractivity contribution in [1.82, 2.24) is 4.90 Å². The van der Waals surface area contributed by atoms with E-state index in [9.17, 15) is 4.79 Å². The molecule has 0 amide bonds. The van der Waals surface area contributed by atoms with Gasteiger partial charge in [-0.3, -0.25) is 9.69 Å². The minimum atomic E-state index is -0.671. The van der Waals surface area contributed by atoms with Gasteiger partial charge in [0.2, 0.25) is 0 Å². The maximum absolute atomic E-state index is 12.7. The molecule has 3 aliphatic rings. The molecule has 1 aliphatic carbocycles. The van der Waals surface area contributed by atoms with E-state index in [2.05, 4.69) is 46.4 Å². The van der Waals surface area contributed by atoms with Crippen molar-refractivity contribution in [3.8, 4) is 0 Å². The molecule has 0 spiro atoms. The van der Waals surface area contributed by atoms with E-state index in [1.165, 1.54) is 0 Å². The first kappa shape index (κ1) is 18.5. The van der Waals surface area contributed by atoms with Crippen molar-refractivity contribution in [3.05, 3.63) is 11.8 Å². The van der Waals surface area contributed by atoms with Crippen LogP contribution in [0.3, 0.4) is 0 Å². The summed E-state index contributed by atoms with van der Waals surface area (Å²) in [6, 6.07) is 0.981. The Balaban J connectivity index is 2.01. The van der Waals surface area contributed by atoms with E-state index in [0.717, 1.165) is 25.0 Å². The van der Waals surface area contributed by atoms with Crippen molar-refractivity contribution in [3.63, 3.8) is 0 Å². The highest BCUT2D eigenvalue weighted by Crippen LogP contribution is 2.50. The van der Waals surface area contributed by atoms with Crippen molar-refractivity contribution in [2.45, 2.75) is 84.6 Å². The van der Waals surface area contributed by atoms with Gasteiger partial charge in [-0.25, -0.2) is 0 Å². The van der Waals surface area contributed by atoms with Crippen molar-refractivity contribution < 1.29 is 14.3 Å². The molecule has 2 aliphatic heterocycles. The van der Waals surface area contributed by atoms with Crippen LogP contribution in [-0.4, -0.2) is 47.1 Å². The zero-order valence-electron chi connectivity index (χ0n) is 15.8. The molecular formula is C19H33NO3. The number of carbonyl (C=O) groups is 1. The van der Waals surface area contributed by atoms with Gasteiger partial charge in [0.25, 0.3) is 0 Å². The average molecular weight is 323 g/mol. The Morgan fingerprint density at radius 1 is 1.26 bits per heavy atom. The number of hydrogen-bond donors (Lipinski definition) is 0. The second kappa shape index (κ2) is 6.56. The Hall–Kier alpha value is -0.870. The summed E-state index contributed by atoms with van der Waals surface area (Å²) in [5, 5.41) is 0. The third-order valence-corrected chi connectivity index (χ3v) is 5.36. The van der Waals surface area contributed by atoms with E-state index in [-0.39, 0.29) is 17.3 Å². The van der Waals surface area contributed by atoms with Crippen LogP contribution in [0.5, 0.6) is 0 Å². The van der Waals surface area contributed by atoms with Gasteiger partial charge in [0.1, 0.15) is 12.2 Å². The second-order valence-electron chi connectivity index (χ2n) is 8.23. The summed E-state index contributed by atoms with van der Waals surface area (Å²) >= 11 is 0. The highest BCUT2D eigenvalue weighted by Gasteiger charge is 2.56. The molecule has 0 aromatic rings. The van der Waals surface area contributed by atoms with E-state index >= 15 is 0 Å². The zero-order chi connectivity index (χ0) is 17.4. The summed E-state index contributed by atoms with van der Waals surface area (Å²) in [6.45, 7) is 16.3. The first-order valence-corrected chi connectivity index (χ1v) is 8.91. The first-order chi connectivity index (χ1) is 10.6. The molecule has 23 heavy (non-hydrogen) atoms. The maximum atomic E-state index is 12.7. The van der Waals surface area contributed by atoms with Gasteiger partial charge in [0, 0.05) is 30.1 Å². The van der Waals surface area contributed by atoms with Crippen LogP contribution in [0.1, 0.15) is 61.3 Å². The molecule has 2 bridgehead atoms. The number of ketones is 1. The predicted octanol–water partition coefficient (Wildman–Crippen LogP) is 3.55. The topological polar surface area (TPSA) is 38.8 Å². The molecule has 2 saturated heterocycles. The summed E-state index contributed by atoms with van der Waals surface area (Å²) in [5.74, 6) is 0.251. The number of hydrogen-bond acceptors (Lipinski definition) is 4. The molecule has 132 valence electrons. The molecule has 0 aromatic carbocycles. The lowest BCUT2D eigenvalue weighted by Crippen LogP contribution is -2.60. The lowest BCUT2D eigenvalue weighted by Gasteiger charge is -2.53. The Kier molecular flexibility index (Phi) is 5.27. The zero-order valence-corrected chi connectivity index (χ0v) is 15.8. The largest absolute Gasteiger partial charge is 0.499 e. The number of carbonyl (C=O) groups excluding carboxylic acids is 1. The minimum absolute atomic E-state index is 0.109. The standard InChI is InChI=1S/C19H33NO3/c1-13(2)20(14(3)4)10-11-22-12-15-16-8-9-19(7,17(15)21)23-18(16,5)6/h12-14,16H,8-11H2,1-7H3/b15-12-/t16-,19+/m1/s1. The van der Waals surface area contributed by atoms with Crippen LogP contribution in [0.25, 0.3) is 0 Å². The van der Waals surface area contributed by atoms with Gasteiger partial charge >= 0.3 is 0 Å². The molecule has 4 heteroatoms. The van der Waals surface area contributed by atoms with Gasteiger partial charge in [-0.05, 0) is 61.3 Å². The van der Waals surface area contributed by atoms with Crippen LogP contribution < -0.4 is 0 Å². The smallest absolute Gasteiger partial charge is 0.193 e. The fourth-order valence-electron chi connectivity index (χ4n) is 4.18. The SMILES string of the molecule is CC(C)N(CCO/C=C1\C(=O)[C@]2(C)CC[C@H]1C(C)(C)O2)C(C)C. The first-order valence-electron chi connectivity index (χ1n) is 8.91. The van der Waals surface area contributed by atoms with E-state index in [4.69, 9.17) is 9.47 Å². The Bertz CT molecular complexity index is 473. The van der Waals surface area contributed by atoms with Gasteiger partial charge in [-0.2, -0.15) is 0 Å². The van der Waals surface area contributed by atoms with Gasteiger partial charge in [-0.1, -0.05) is 0 Å². The second-order valence-corrected chi connectivity index (χ2v) is 8.23. The lowest BCUT2D eigenvalue weighted by atomic mass is 9.65. The molecule has 0 N–H and O–H groups in total. The van der Waals surface area contributed by atoms with E-state index < -0.39 is 5.60 Å². The van der Waals surface area contributed by atoms with Crippen molar-refractivity contribution in [2.24, 2.45) is 5.92 Å². The van der Waals surface area contributed by atoms with Crippen LogP contribution >= 0.6 is 0 Å². The highest BCUT2D eigenvalue weighted by atomic mass is 16.5. The minimum Gasteiger partial charge on any atom is -0.499 e. The quantitative estimate of drug-likeness (QED) is 0.426. The number of nitrogens with zero attached hydrogens (tertiary/aromatic N) is 1. The average Bonchev–Trinajstić information content (AvgIpc) is 2.40. The number of Topliss-reactive ketones (excluding diaryl/α,β-unsaturated/α-hetero) is 1. The third kappa shape index (κ3) is 3.63. The molecule has 1 saturated carbocycles. The predicted molar refractivity (Wildman–Crippen MR) is 92.3 cm³/mol. The van der Waals surface area contributed by atoms with Gasteiger partial charge in [-0.15, -0.1) is 0 Å².